The number of hydrogen-bond acceptors (Lipinski definition) is 10. The van der Waals surface area contributed by atoms with Gasteiger partial charge in [-0.25, -0.2) is 15.0 Å². The van der Waals surface area contributed by atoms with Gasteiger partial charge in [0.25, 0.3) is 0 Å². The number of carbonyl (C=O) groups excluding carboxylic acids is 1. The quantitative estimate of drug-likeness (QED) is 0.189. The van der Waals surface area contributed by atoms with Crippen molar-refractivity contribution in [3.05, 3.63) is 48.5 Å². The first-order chi connectivity index (χ1) is 15.7. The van der Waals surface area contributed by atoms with Crippen molar-refractivity contribution in [2.45, 2.75) is 33.9 Å². The van der Waals surface area contributed by atoms with E-state index in [1.54, 1.807) is 31.7 Å². The minimum Gasteiger partial charge on any atom is -0.438 e. The Labute approximate surface area is 191 Å². The zero-order chi connectivity index (χ0) is 23.9. The summed E-state index contributed by atoms with van der Waals surface area (Å²) in [6.45, 7) is 5.24. The van der Waals surface area contributed by atoms with Crippen molar-refractivity contribution in [3.63, 3.8) is 0 Å². The number of aromatic nitrogens is 4. The van der Waals surface area contributed by atoms with Crippen LogP contribution in [0.15, 0.2) is 43.0 Å². The lowest BCUT2D eigenvalue weighted by Gasteiger charge is -2.21. The van der Waals surface area contributed by atoms with Gasteiger partial charge in [0.2, 0.25) is 6.79 Å². The van der Waals surface area contributed by atoms with E-state index in [0.717, 1.165) is 5.56 Å². The smallest absolute Gasteiger partial charge is 0.359 e. The summed E-state index contributed by atoms with van der Waals surface area (Å²) in [6, 6.07) is 9.23. The van der Waals surface area contributed by atoms with Crippen molar-refractivity contribution in [2.24, 2.45) is 5.41 Å². The average molecular weight is 477 g/mol. The highest BCUT2D eigenvalue weighted by Crippen LogP contribution is 2.49. The van der Waals surface area contributed by atoms with Crippen molar-refractivity contribution in [2.75, 3.05) is 25.5 Å². The Hall–Kier alpha value is -2.85. The van der Waals surface area contributed by atoms with Gasteiger partial charge in [-0.1, -0.05) is 30.3 Å². The Balaban J connectivity index is 1.57. The predicted molar refractivity (Wildman–Crippen MR) is 121 cm³/mol. The van der Waals surface area contributed by atoms with Crippen LogP contribution in [0.2, 0.25) is 0 Å². The number of carbonyl (C=O) groups is 1. The second-order valence-electron chi connectivity index (χ2n) is 8.21. The Bertz CT molecular complexity index is 1120. The number of rotatable bonds is 11. The number of ether oxygens (including phenoxy) is 2. The molecule has 0 saturated heterocycles. The normalized spacial score (nSPS) is 13.7. The summed E-state index contributed by atoms with van der Waals surface area (Å²) in [7, 11) is -3.73. The molecule has 1 atom stereocenters. The molecule has 0 saturated carbocycles. The first kappa shape index (κ1) is 24.8. The number of fused-ring (bicyclic) bond motifs is 1. The number of imidazole rings is 1. The second-order valence-corrected chi connectivity index (χ2v) is 10.2. The maximum Gasteiger partial charge on any atom is 0.359 e. The topological polar surface area (TPSA) is 141 Å². The molecule has 0 aliphatic heterocycles. The van der Waals surface area contributed by atoms with Crippen LogP contribution in [0.5, 0.6) is 0 Å². The van der Waals surface area contributed by atoms with E-state index in [1.165, 1.54) is 6.33 Å². The van der Waals surface area contributed by atoms with Crippen molar-refractivity contribution in [1.29, 1.82) is 0 Å². The van der Waals surface area contributed by atoms with Crippen LogP contribution < -0.4 is 5.73 Å². The lowest BCUT2D eigenvalue weighted by Crippen LogP contribution is -2.24. The Morgan fingerprint density at radius 1 is 1.12 bits per heavy atom. The molecule has 2 aromatic heterocycles. The molecular weight excluding hydrogens is 449 g/mol. The summed E-state index contributed by atoms with van der Waals surface area (Å²) in [6.07, 6.45) is 2.61. The van der Waals surface area contributed by atoms with E-state index in [0.29, 0.717) is 17.7 Å². The fourth-order valence-corrected chi connectivity index (χ4v) is 3.77. The molecule has 0 amide bonds. The van der Waals surface area contributed by atoms with E-state index in [4.69, 9.17) is 24.3 Å². The lowest BCUT2D eigenvalue weighted by atomic mass is 9.98. The van der Waals surface area contributed by atoms with Crippen LogP contribution in [-0.4, -0.2) is 45.2 Å². The molecule has 1 unspecified atom stereocenters. The summed E-state index contributed by atoms with van der Waals surface area (Å²) in [4.78, 5) is 24.2. The molecule has 0 spiro atoms. The number of hydrogen-bond donors (Lipinski definition) is 1. The van der Waals surface area contributed by atoms with Gasteiger partial charge < -0.3 is 24.3 Å². The van der Waals surface area contributed by atoms with E-state index in [9.17, 15) is 9.36 Å². The van der Waals surface area contributed by atoms with Crippen LogP contribution in [0.4, 0.5) is 5.82 Å². The minimum absolute atomic E-state index is 0.0526. The van der Waals surface area contributed by atoms with Gasteiger partial charge in [-0.15, -0.1) is 0 Å². The molecule has 2 N–H and O–H groups in total. The maximum absolute atomic E-state index is 13.2. The highest BCUT2D eigenvalue weighted by Gasteiger charge is 2.28. The molecule has 12 heteroatoms. The number of nitrogens with zero attached hydrogens (tertiary/aromatic N) is 4. The van der Waals surface area contributed by atoms with Gasteiger partial charge in [-0.2, -0.15) is 0 Å². The van der Waals surface area contributed by atoms with Crippen LogP contribution in [-0.2, 0) is 41.0 Å². The zero-order valence-electron chi connectivity index (χ0n) is 18.8. The van der Waals surface area contributed by atoms with Crippen LogP contribution in [0, 0.1) is 5.41 Å². The molecule has 1 aromatic carbocycles. The standard InChI is InChI=1S/C21H28N5O6P/c1-21(2,3)20(27)30-14-32-33(28,31-11-16-7-5-4-6-8-16)15-29-10-9-26-13-25-17-18(22)23-12-24-19(17)26/h4-8,12-13H,9-11,14-15H2,1-3H3,(H2,22,23,24). The Kier molecular flexibility index (Phi) is 8.15. The molecule has 0 radical (unpaired) electrons. The maximum atomic E-state index is 13.2. The average Bonchev–Trinajstić information content (AvgIpc) is 3.20. The van der Waals surface area contributed by atoms with E-state index < -0.39 is 25.8 Å². The summed E-state index contributed by atoms with van der Waals surface area (Å²) in [5.41, 5.74) is 6.96. The summed E-state index contributed by atoms with van der Waals surface area (Å²) in [5.74, 6) is -0.192. The van der Waals surface area contributed by atoms with E-state index in [2.05, 4.69) is 15.0 Å². The molecule has 0 bridgehead atoms. The molecule has 2 heterocycles. The highest BCUT2D eigenvalue weighted by molar-refractivity contribution is 7.53. The molecule has 0 fully saturated rings. The van der Waals surface area contributed by atoms with Crippen molar-refractivity contribution < 1.29 is 27.9 Å². The third kappa shape index (κ3) is 7.06. The summed E-state index contributed by atoms with van der Waals surface area (Å²) in [5, 5.41) is 0. The minimum atomic E-state index is -3.73. The van der Waals surface area contributed by atoms with Gasteiger partial charge in [-0.3, -0.25) is 13.9 Å². The number of esters is 1. The highest BCUT2D eigenvalue weighted by atomic mass is 31.2. The molecule has 11 nitrogen and oxygen atoms in total. The van der Waals surface area contributed by atoms with Crippen LogP contribution in [0.1, 0.15) is 26.3 Å². The number of nitrogens with two attached hydrogens (primary N) is 1. The summed E-state index contributed by atoms with van der Waals surface area (Å²) >= 11 is 0. The number of benzene rings is 1. The van der Waals surface area contributed by atoms with Crippen molar-refractivity contribution in [1.82, 2.24) is 19.5 Å². The number of anilines is 1. The SMILES string of the molecule is CC(C)(C)C(=O)OCOP(=O)(COCCn1cnc2c(N)ncnc21)OCc1ccccc1. The van der Waals surface area contributed by atoms with Crippen LogP contribution in [0.25, 0.3) is 11.2 Å². The Morgan fingerprint density at radius 2 is 1.88 bits per heavy atom. The van der Waals surface area contributed by atoms with Gasteiger partial charge in [0.15, 0.2) is 11.5 Å². The van der Waals surface area contributed by atoms with E-state index in [-0.39, 0.29) is 25.4 Å². The van der Waals surface area contributed by atoms with Crippen LogP contribution >= 0.6 is 7.60 Å². The molecule has 0 aliphatic carbocycles. The molecular formula is C21H28N5O6P. The van der Waals surface area contributed by atoms with Crippen LogP contribution in [0.3, 0.4) is 0 Å². The van der Waals surface area contributed by atoms with E-state index >= 15 is 0 Å². The Morgan fingerprint density at radius 3 is 2.61 bits per heavy atom. The third-order valence-electron chi connectivity index (χ3n) is 4.48. The molecule has 3 rings (SSSR count). The monoisotopic (exact) mass is 477 g/mol. The van der Waals surface area contributed by atoms with Crippen molar-refractivity contribution >= 4 is 30.5 Å². The first-order valence-electron chi connectivity index (χ1n) is 10.3. The molecule has 0 aliphatic rings. The predicted octanol–water partition coefficient (Wildman–Crippen LogP) is 3.36. The molecule has 178 valence electrons. The largest absolute Gasteiger partial charge is 0.438 e. The first-order valence-corrected chi connectivity index (χ1v) is 12.0. The van der Waals surface area contributed by atoms with Crippen molar-refractivity contribution in [3.8, 4) is 0 Å². The fourth-order valence-electron chi connectivity index (χ4n) is 2.64. The van der Waals surface area contributed by atoms with Gasteiger partial charge in [0.05, 0.1) is 25.0 Å². The van der Waals surface area contributed by atoms with Gasteiger partial charge in [0, 0.05) is 6.54 Å². The summed E-state index contributed by atoms with van der Waals surface area (Å²) < 4.78 is 36.5. The second kappa shape index (κ2) is 10.8. The molecule has 33 heavy (non-hydrogen) atoms. The van der Waals surface area contributed by atoms with Gasteiger partial charge in [0.1, 0.15) is 18.2 Å². The van der Waals surface area contributed by atoms with Gasteiger partial charge in [-0.05, 0) is 26.3 Å². The lowest BCUT2D eigenvalue weighted by molar-refractivity contribution is -0.160. The van der Waals surface area contributed by atoms with E-state index in [1.807, 2.05) is 30.3 Å². The molecule has 3 aromatic rings. The fraction of sp³-hybridized carbons (Fsp3) is 0.429. The third-order valence-corrected chi connectivity index (χ3v) is 6.00. The zero-order valence-corrected chi connectivity index (χ0v) is 19.7. The van der Waals surface area contributed by atoms with Gasteiger partial charge >= 0.3 is 13.6 Å². The number of nitrogen functional groups attached to an aromatic ring is 1.